The number of halogens is 1. The first-order chi connectivity index (χ1) is 8.15. The van der Waals surface area contributed by atoms with E-state index in [0.29, 0.717) is 0 Å². The van der Waals surface area contributed by atoms with E-state index in [-0.39, 0.29) is 5.82 Å². The molecule has 1 aromatic heterocycles. The van der Waals surface area contributed by atoms with E-state index in [0.717, 1.165) is 18.7 Å². The number of rotatable bonds is 4. The molecule has 0 aliphatic carbocycles. The zero-order valence-corrected chi connectivity index (χ0v) is 10.2. The SMILES string of the molecule is CN(Cc1ccc(F)cc1)Cc1cccn1C. The van der Waals surface area contributed by atoms with E-state index in [2.05, 4.69) is 22.6 Å². The molecular weight excluding hydrogens is 215 g/mol. The Balaban J connectivity index is 1.95. The van der Waals surface area contributed by atoms with Gasteiger partial charge in [-0.2, -0.15) is 0 Å². The second kappa shape index (κ2) is 5.15. The van der Waals surface area contributed by atoms with Gasteiger partial charge < -0.3 is 4.57 Å². The second-order valence-corrected chi connectivity index (χ2v) is 4.41. The van der Waals surface area contributed by atoms with Crippen LogP contribution in [0.4, 0.5) is 4.39 Å². The number of aromatic nitrogens is 1. The minimum absolute atomic E-state index is 0.182. The van der Waals surface area contributed by atoms with Crippen molar-refractivity contribution < 1.29 is 4.39 Å². The summed E-state index contributed by atoms with van der Waals surface area (Å²) < 4.78 is 14.9. The van der Waals surface area contributed by atoms with Gasteiger partial charge in [-0.1, -0.05) is 12.1 Å². The van der Waals surface area contributed by atoms with Crippen molar-refractivity contribution >= 4 is 0 Å². The van der Waals surface area contributed by atoms with E-state index >= 15 is 0 Å². The maximum absolute atomic E-state index is 12.8. The van der Waals surface area contributed by atoms with Gasteiger partial charge in [-0.15, -0.1) is 0 Å². The van der Waals surface area contributed by atoms with Gasteiger partial charge in [0.1, 0.15) is 5.82 Å². The molecule has 0 atom stereocenters. The van der Waals surface area contributed by atoms with Gasteiger partial charge in [0.05, 0.1) is 0 Å². The summed E-state index contributed by atoms with van der Waals surface area (Å²) in [6.07, 6.45) is 2.04. The van der Waals surface area contributed by atoms with Crippen molar-refractivity contribution in [2.24, 2.45) is 7.05 Å². The zero-order valence-electron chi connectivity index (χ0n) is 10.2. The lowest BCUT2D eigenvalue weighted by Gasteiger charge is -2.17. The van der Waals surface area contributed by atoms with Gasteiger partial charge in [-0.05, 0) is 36.9 Å². The minimum Gasteiger partial charge on any atom is -0.353 e. The van der Waals surface area contributed by atoms with Gasteiger partial charge in [0, 0.05) is 32.0 Å². The summed E-state index contributed by atoms with van der Waals surface area (Å²) in [6.45, 7) is 1.71. The largest absolute Gasteiger partial charge is 0.353 e. The Bertz CT molecular complexity index is 473. The lowest BCUT2D eigenvalue weighted by molar-refractivity contribution is 0.311. The molecule has 1 heterocycles. The number of hydrogen-bond acceptors (Lipinski definition) is 1. The normalized spacial score (nSPS) is 11.1. The summed E-state index contributed by atoms with van der Waals surface area (Å²) in [6, 6.07) is 10.8. The summed E-state index contributed by atoms with van der Waals surface area (Å²) in [5.74, 6) is -0.182. The molecule has 2 aromatic rings. The lowest BCUT2D eigenvalue weighted by atomic mass is 10.2. The molecule has 0 radical (unpaired) electrons. The number of benzene rings is 1. The van der Waals surface area contributed by atoms with Crippen molar-refractivity contribution in [3.8, 4) is 0 Å². The molecule has 0 saturated carbocycles. The molecule has 0 aliphatic heterocycles. The van der Waals surface area contributed by atoms with E-state index in [1.807, 2.05) is 31.4 Å². The van der Waals surface area contributed by atoms with Gasteiger partial charge in [0.25, 0.3) is 0 Å². The van der Waals surface area contributed by atoms with Crippen LogP contribution in [-0.2, 0) is 20.1 Å². The first kappa shape index (κ1) is 11.9. The Kier molecular flexibility index (Phi) is 3.59. The van der Waals surface area contributed by atoms with Gasteiger partial charge >= 0.3 is 0 Å². The van der Waals surface area contributed by atoms with E-state index < -0.39 is 0 Å². The van der Waals surface area contributed by atoms with Crippen LogP contribution < -0.4 is 0 Å². The monoisotopic (exact) mass is 232 g/mol. The number of nitrogens with zero attached hydrogens (tertiary/aromatic N) is 2. The van der Waals surface area contributed by atoms with Crippen LogP contribution >= 0.6 is 0 Å². The highest BCUT2D eigenvalue weighted by molar-refractivity contribution is 5.16. The van der Waals surface area contributed by atoms with Crippen molar-refractivity contribution in [3.05, 3.63) is 59.7 Å². The third kappa shape index (κ3) is 3.17. The molecular formula is C14H17FN2. The Hall–Kier alpha value is -1.61. The van der Waals surface area contributed by atoms with Gasteiger partial charge in [0.2, 0.25) is 0 Å². The van der Waals surface area contributed by atoms with Crippen LogP contribution in [0, 0.1) is 5.82 Å². The van der Waals surface area contributed by atoms with Crippen LogP contribution in [0.1, 0.15) is 11.3 Å². The van der Waals surface area contributed by atoms with Crippen LogP contribution in [0.3, 0.4) is 0 Å². The quantitative estimate of drug-likeness (QED) is 0.787. The average molecular weight is 232 g/mol. The van der Waals surface area contributed by atoms with Crippen LogP contribution in [0.5, 0.6) is 0 Å². The average Bonchev–Trinajstić information content (AvgIpc) is 2.68. The number of aryl methyl sites for hydroxylation is 1. The fourth-order valence-corrected chi connectivity index (χ4v) is 1.89. The summed E-state index contributed by atoms with van der Waals surface area (Å²) in [5, 5.41) is 0. The van der Waals surface area contributed by atoms with E-state index in [1.54, 1.807) is 0 Å². The number of hydrogen-bond donors (Lipinski definition) is 0. The molecule has 0 N–H and O–H groups in total. The highest BCUT2D eigenvalue weighted by atomic mass is 19.1. The molecule has 0 amide bonds. The highest BCUT2D eigenvalue weighted by Gasteiger charge is 2.04. The molecule has 0 bridgehead atoms. The Labute approximate surface area is 101 Å². The van der Waals surface area contributed by atoms with Gasteiger partial charge in [-0.3, -0.25) is 4.90 Å². The first-order valence-corrected chi connectivity index (χ1v) is 5.68. The summed E-state index contributed by atoms with van der Waals surface area (Å²) in [7, 11) is 4.11. The summed E-state index contributed by atoms with van der Waals surface area (Å²) in [4.78, 5) is 2.21. The maximum atomic E-state index is 12.8. The smallest absolute Gasteiger partial charge is 0.123 e. The first-order valence-electron chi connectivity index (χ1n) is 5.68. The van der Waals surface area contributed by atoms with Crippen LogP contribution in [0.15, 0.2) is 42.6 Å². The molecule has 2 nitrogen and oxygen atoms in total. The molecule has 2 rings (SSSR count). The molecule has 90 valence electrons. The zero-order chi connectivity index (χ0) is 12.3. The topological polar surface area (TPSA) is 8.17 Å². The molecule has 0 aliphatic rings. The van der Waals surface area contributed by atoms with E-state index in [9.17, 15) is 4.39 Å². The van der Waals surface area contributed by atoms with Gasteiger partial charge in [-0.25, -0.2) is 4.39 Å². The summed E-state index contributed by atoms with van der Waals surface area (Å²) >= 11 is 0. The summed E-state index contributed by atoms with van der Waals surface area (Å²) in [5.41, 5.74) is 2.40. The maximum Gasteiger partial charge on any atom is 0.123 e. The second-order valence-electron chi connectivity index (χ2n) is 4.41. The predicted octanol–water partition coefficient (Wildman–Crippen LogP) is 2.80. The lowest BCUT2D eigenvalue weighted by Crippen LogP contribution is -2.18. The van der Waals surface area contributed by atoms with Crippen molar-refractivity contribution in [2.45, 2.75) is 13.1 Å². The van der Waals surface area contributed by atoms with Crippen molar-refractivity contribution in [3.63, 3.8) is 0 Å². The molecule has 0 saturated heterocycles. The Morgan fingerprint density at radius 3 is 2.41 bits per heavy atom. The van der Waals surface area contributed by atoms with Gasteiger partial charge in [0.15, 0.2) is 0 Å². The Morgan fingerprint density at radius 1 is 1.12 bits per heavy atom. The van der Waals surface area contributed by atoms with Crippen molar-refractivity contribution in [1.29, 1.82) is 0 Å². The van der Waals surface area contributed by atoms with Crippen molar-refractivity contribution in [2.75, 3.05) is 7.05 Å². The third-order valence-corrected chi connectivity index (χ3v) is 2.85. The molecule has 0 unspecified atom stereocenters. The van der Waals surface area contributed by atoms with Crippen molar-refractivity contribution in [1.82, 2.24) is 9.47 Å². The predicted molar refractivity (Wildman–Crippen MR) is 67.0 cm³/mol. The standard InChI is InChI=1S/C14H17FN2/c1-16(11-14-4-3-9-17(14)2)10-12-5-7-13(15)8-6-12/h3-9H,10-11H2,1-2H3. The fraction of sp³-hybridized carbons (Fsp3) is 0.286. The van der Waals surface area contributed by atoms with E-state index in [4.69, 9.17) is 0 Å². The fourth-order valence-electron chi connectivity index (χ4n) is 1.89. The molecule has 3 heteroatoms. The third-order valence-electron chi connectivity index (χ3n) is 2.85. The molecule has 0 fully saturated rings. The van der Waals surface area contributed by atoms with E-state index in [1.165, 1.54) is 17.8 Å². The van der Waals surface area contributed by atoms with Crippen LogP contribution in [0.2, 0.25) is 0 Å². The minimum atomic E-state index is -0.182. The molecule has 17 heavy (non-hydrogen) atoms. The Morgan fingerprint density at radius 2 is 1.82 bits per heavy atom. The van der Waals surface area contributed by atoms with Crippen LogP contribution in [0.25, 0.3) is 0 Å². The molecule has 0 spiro atoms. The van der Waals surface area contributed by atoms with Crippen LogP contribution in [-0.4, -0.2) is 16.5 Å². The molecule has 1 aromatic carbocycles. The highest BCUT2D eigenvalue weighted by Crippen LogP contribution is 2.09.